The van der Waals surface area contributed by atoms with Gasteiger partial charge in [-0.1, -0.05) is 198 Å². The second-order valence-electron chi connectivity index (χ2n) is 18.2. The van der Waals surface area contributed by atoms with E-state index in [0.717, 1.165) is 17.1 Å². The lowest BCUT2D eigenvalue weighted by atomic mass is 9.81. The molecule has 0 N–H and O–H groups in total. The van der Waals surface area contributed by atoms with Gasteiger partial charge < -0.3 is 4.90 Å². The predicted octanol–water partition coefficient (Wildman–Crippen LogP) is 16.9. The zero-order valence-electron chi connectivity index (χ0n) is 36.0. The average molecular weight is 786 g/mol. The number of hydrogen-bond acceptors (Lipinski definition) is 1. The molecule has 0 aliphatic heterocycles. The van der Waals surface area contributed by atoms with E-state index in [1.54, 1.807) is 0 Å². The Kier molecular flexibility index (Phi) is 9.37. The Morgan fingerprint density at radius 3 is 1.61 bits per heavy atom. The Hall–Kier alpha value is -6.96. The van der Waals surface area contributed by atoms with Crippen LogP contribution in [0.4, 0.5) is 17.1 Å². The van der Waals surface area contributed by atoms with Crippen LogP contribution in [0.25, 0.3) is 66.4 Å². The summed E-state index contributed by atoms with van der Waals surface area (Å²) in [5.41, 5.74) is 21.0. The lowest BCUT2D eigenvalue weighted by Crippen LogP contribution is -2.17. The smallest absolute Gasteiger partial charge is 0.0546 e. The molecule has 296 valence electrons. The van der Waals surface area contributed by atoms with Crippen molar-refractivity contribution < 1.29 is 0 Å². The molecule has 0 bridgehead atoms. The molecule has 9 aromatic carbocycles. The molecule has 0 atom stereocenters. The van der Waals surface area contributed by atoms with Gasteiger partial charge in [-0.05, 0) is 132 Å². The molecule has 0 fully saturated rings. The van der Waals surface area contributed by atoms with Crippen LogP contribution in [-0.2, 0) is 10.8 Å². The summed E-state index contributed by atoms with van der Waals surface area (Å²) < 4.78 is 0. The number of hydrogen-bond donors (Lipinski definition) is 0. The zero-order chi connectivity index (χ0) is 41.9. The van der Waals surface area contributed by atoms with Gasteiger partial charge in [0.1, 0.15) is 0 Å². The average Bonchev–Trinajstić information content (AvgIpc) is 3.52. The van der Waals surface area contributed by atoms with Crippen LogP contribution in [0.5, 0.6) is 0 Å². The first-order valence-electron chi connectivity index (χ1n) is 21.6. The van der Waals surface area contributed by atoms with Crippen LogP contribution >= 0.6 is 0 Å². The highest BCUT2D eigenvalue weighted by atomic mass is 15.1. The quantitative estimate of drug-likeness (QED) is 0.156. The van der Waals surface area contributed by atoms with Crippen LogP contribution in [0.1, 0.15) is 56.9 Å². The van der Waals surface area contributed by atoms with Gasteiger partial charge in [0.25, 0.3) is 0 Å². The van der Waals surface area contributed by atoms with Gasteiger partial charge in [0.15, 0.2) is 0 Å². The van der Waals surface area contributed by atoms with E-state index in [-0.39, 0.29) is 10.8 Å². The van der Waals surface area contributed by atoms with Gasteiger partial charge in [-0.3, -0.25) is 0 Å². The zero-order valence-corrected chi connectivity index (χ0v) is 36.0. The van der Waals surface area contributed by atoms with E-state index >= 15 is 0 Å². The van der Waals surface area contributed by atoms with Crippen molar-refractivity contribution in [1.29, 1.82) is 0 Å². The van der Waals surface area contributed by atoms with Crippen molar-refractivity contribution in [2.75, 3.05) is 4.90 Å². The minimum absolute atomic E-state index is 0.0597. The van der Waals surface area contributed by atoms with Gasteiger partial charge in [-0.25, -0.2) is 0 Å². The summed E-state index contributed by atoms with van der Waals surface area (Å²) in [5, 5.41) is 2.44. The Morgan fingerprint density at radius 1 is 0.393 bits per heavy atom. The van der Waals surface area contributed by atoms with E-state index < -0.39 is 0 Å². The van der Waals surface area contributed by atoms with E-state index in [2.05, 4.69) is 247 Å². The molecule has 0 radical (unpaired) electrons. The number of rotatable bonds is 7. The second-order valence-corrected chi connectivity index (χ2v) is 18.2. The van der Waals surface area contributed by atoms with E-state index in [9.17, 15) is 0 Å². The van der Waals surface area contributed by atoms with Gasteiger partial charge >= 0.3 is 0 Å². The van der Waals surface area contributed by atoms with Gasteiger partial charge in [0, 0.05) is 22.4 Å². The first-order valence-corrected chi connectivity index (χ1v) is 21.6. The molecule has 10 rings (SSSR count). The normalized spacial score (nSPS) is 12.9. The molecule has 61 heavy (non-hydrogen) atoms. The molecule has 0 spiro atoms. The van der Waals surface area contributed by atoms with Crippen molar-refractivity contribution in [2.45, 2.75) is 52.4 Å². The molecule has 1 aliphatic carbocycles. The highest BCUT2D eigenvalue weighted by Crippen LogP contribution is 2.53. The monoisotopic (exact) mass is 785 g/mol. The largest absolute Gasteiger partial charge is 0.310 e. The summed E-state index contributed by atoms with van der Waals surface area (Å²) in [4.78, 5) is 2.51. The lowest BCUT2D eigenvalue weighted by molar-refractivity contribution is 0.592. The molecular formula is C60H51N. The van der Waals surface area contributed by atoms with Crippen LogP contribution in [0.2, 0.25) is 0 Å². The highest BCUT2D eigenvalue weighted by Gasteiger charge is 2.37. The molecule has 0 saturated heterocycles. The molecule has 0 unspecified atom stereocenters. The first kappa shape index (κ1) is 38.3. The molecule has 1 nitrogen and oxygen atoms in total. The fourth-order valence-corrected chi connectivity index (χ4v) is 9.88. The predicted molar refractivity (Wildman–Crippen MR) is 261 cm³/mol. The molecule has 1 heteroatoms. The standard InChI is InChI=1S/C60H51N/c1-40-19-17-30-54-57(40)51-36-35-47(39-55(51)60(54,5)6)61(56-38-45-25-14-13-24-44(45)37-52(56)50-26-15-16-29-53(50)59(2,3)4)46-33-31-43(32-34-46)58-48(41-20-9-7-10-21-41)27-18-28-49(58)42-22-11-8-12-23-42/h7-39H,1-6H3. The third-order valence-corrected chi connectivity index (χ3v) is 12.9. The Balaban J connectivity index is 1.22. The van der Waals surface area contributed by atoms with E-state index in [0.29, 0.717) is 0 Å². The number of nitrogens with zero attached hydrogens (tertiary/aromatic N) is 1. The summed E-state index contributed by atoms with van der Waals surface area (Å²) in [6.07, 6.45) is 0. The number of fused-ring (bicyclic) bond motifs is 4. The molecular weight excluding hydrogens is 735 g/mol. The van der Waals surface area contributed by atoms with Gasteiger partial charge in [-0.15, -0.1) is 0 Å². The van der Waals surface area contributed by atoms with E-state index in [4.69, 9.17) is 0 Å². The number of anilines is 3. The first-order chi connectivity index (χ1) is 29.6. The van der Waals surface area contributed by atoms with Gasteiger partial charge in [0.2, 0.25) is 0 Å². The van der Waals surface area contributed by atoms with Crippen LogP contribution < -0.4 is 4.90 Å². The van der Waals surface area contributed by atoms with Gasteiger partial charge in [0.05, 0.1) is 5.69 Å². The summed E-state index contributed by atoms with van der Waals surface area (Å²) in [6.45, 7) is 14.0. The maximum atomic E-state index is 2.51. The van der Waals surface area contributed by atoms with E-state index in [1.807, 2.05) is 0 Å². The van der Waals surface area contributed by atoms with Crippen LogP contribution in [0.3, 0.4) is 0 Å². The maximum absolute atomic E-state index is 2.51. The summed E-state index contributed by atoms with van der Waals surface area (Å²) in [5.74, 6) is 0. The number of aryl methyl sites for hydroxylation is 1. The molecule has 0 saturated carbocycles. The van der Waals surface area contributed by atoms with Gasteiger partial charge in [-0.2, -0.15) is 0 Å². The third-order valence-electron chi connectivity index (χ3n) is 12.9. The van der Waals surface area contributed by atoms with Crippen molar-refractivity contribution in [2.24, 2.45) is 0 Å². The number of benzene rings is 9. The SMILES string of the molecule is Cc1cccc2c1-c1ccc(N(c3ccc(-c4c(-c5ccccc5)cccc4-c4ccccc4)cc3)c3cc4ccccc4cc3-c3ccccc3C(C)(C)C)cc1C2(C)C. The maximum Gasteiger partial charge on any atom is 0.0546 e. The lowest BCUT2D eigenvalue weighted by Gasteiger charge is -2.32. The van der Waals surface area contributed by atoms with Crippen molar-refractivity contribution >= 4 is 27.8 Å². The molecule has 0 heterocycles. The van der Waals surface area contributed by atoms with Crippen molar-refractivity contribution in [3.05, 3.63) is 222 Å². The van der Waals surface area contributed by atoms with Crippen LogP contribution in [-0.4, -0.2) is 0 Å². The van der Waals surface area contributed by atoms with Crippen LogP contribution in [0.15, 0.2) is 200 Å². The second kappa shape index (κ2) is 14.9. The minimum atomic E-state index is -0.151. The Labute approximate surface area is 361 Å². The Bertz CT molecular complexity index is 3020. The molecule has 0 amide bonds. The summed E-state index contributed by atoms with van der Waals surface area (Å²) >= 11 is 0. The van der Waals surface area contributed by atoms with Crippen molar-refractivity contribution in [3.8, 4) is 55.6 Å². The van der Waals surface area contributed by atoms with Crippen molar-refractivity contribution in [1.82, 2.24) is 0 Å². The fourth-order valence-electron chi connectivity index (χ4n) is 9.88. The Morgan fingerprint density at radius 2 is 0.951 bits per heavy atom. The summed E-state index contributed by atoms with van der Waals surface area (Å²) in [6, 6.07) is 74.2. The van der Waals surface area contributed by atoms with Crippen LogP contribution in [0, 0.1) is 6.92 Å². The highest BCUT2D eigenvalue weighted by molar-refractivity contribution is 6.00. The molecule has 9 aromatic rings. The molecule has 0 aromatic heterocycles. The van der Waals surface area contributed by atoms with E-state index in [1.165, 1.54) is 88.7 Å². The fraction of sp³-hybridized carbons (Fsp3) is 0.133. The third kappa shape index (κ3) is 6.66. The molecule has 1 aliphatic rings. The minimum Gasteiger partial charge on any atom is -0.310 e. The topological polar surface area (TPSA) is 3.24 Å². The summed E-state index contributed by atoms with van der Waals surface area (Å²) in [7, 11) is 0. The van der Waals surface area contributed by atoms with Crippen molar-refractivity contribution in [3.63, 3.8) is 0 Å².